The van der Waals surface area contributed by atoms with Crippen LogP contribution in [0.15, 0.2) is 15.3 Å². The summed E-state index contributed by atoms with van der Waals surface area (Å²) in [4.78, 5) is 22.2. The Balaban J connectivity index is 1.98. The maximum Gasteiger partial charge on any atom is 0.272 e. The Morgan fingerprint density at radius 1 is 1.53 bits per heavy atom. The molecule has 100 valence electrons. The van der Waals surface area contributed by atoms with Crippen LogP contribution < -0.4 is 10.2 Å². The first-order chi connectivity index (χ1) is 9.20. The zero-order chi connectivity index (χ0) is 13.4. The van der Waals surface area contributed by atoms with E-state index in [1.54, 1.807) is 14.0 Å². The van der Waals surface area contributed by atoms with Gasteiger partial charge in [-0.05, 0) is 12.2 Å². The lowest BCUT2D eigenvalue weighted by atomic mass is 10.2. The van der Waals surface area contributed by atoms with Gasteiger partial charge in [-0.15, -0.1) is 0 Å². The summed E-state index contributed by atoms with van der Waals surface area (Å²) >= 11 is 0. The van der Waals surface area contributed by atoms with Crippen molar-refractivity contribution in [2.75, 3.05) is 18.5 Å². The molecule has 1 amide bonds. The van der Waals surface area contributed by atoms with Gasteiger partial charge < -0.3 is 14.3 Å². The van der Waals surface area contributed by atoms with E-state index in [-0.39, 0.29) is 11.9 Å². The molecule has 3 heterocycles. The minimum absolute atomic E-state index is 0.182. The zero-order valence-corrected chi connectivity index (χ0v) is 10.6. The van der Waals surface area contributed by atoms with Gasteiger partial charge in [-0.25, -0.2) is 4.98 Å². The van der Waals surface area contributed by atoms with Crippen LogP contribution in [0.2, 0.25) is 0 Å². The minimum Gasteiger partial charge on any atom is -0.446 e. The fraction of sp³-hybridized carbons (Fsp3) is 0.455. The largest absolute Gasteiger partial charge is 0.446 e. The van der Waals surface area contributed by atoms with E-state index in [2.05, 4.69) is 20.4 Å². The van der Waals surface area contributed by atoms with Gasteiger partial charge in [0.05, 0.1) is 5.69 Å². The minimum atomic E-state index is -0.584. The molecular formula is C11H13N5O3. The summed E-state index contributed by atoms with van der Waals surface area (Å²) < 4.78 is 10.2. The Morgan fingerprint density at radius 3 is 3.05 bits per heavy atom. The molecule has 0 aliphatic carbocycles. The van der Waals surface area contributed by atoms with E-state index < -0.39 is 6.04 Å². The van der Waals surface area contributed by atoms with Gasteiger partial charge >= 0.3 is 0 Å². The molecule has 0 bridgehead atoms. The number of oxazole rings is 1. The first-order valence-corrected chi connectivity index (χ1v) is 5.92. The highest BCUT2D eigenvalue weighted by molar-refractivity contribution is 5.96. The number of amides is 1. The molecule has 0 aromatic carbocycles. The molecule has 1 unspecified atom stereocenters. The second-order valence-electron chi connectivity index (χ2n) is 4.24. The first kappa shape index (κ1) is 11.8. The summed E-state index contributed by atoms with van der Waals surface area (Å²) in [5, 5.41) is 6.72. The predicted octanol–water partition coefficient (Wildman–Crippen LogP) is 0.216. The Bertz CT molecular complexity index is 605. The maximum absolute atomic E-state index is 12.5. The van der Waals surface area contributed by atoms with E-state index in [4.69, 9.17) is 8.94 Å². The lowest BCUT2D eigenvalue weighted by molar-refractivity contribution is -0.120. The monoisotopic (exact) mass is 263 g/mol. The molecule has 0 radical (unpaired) electrons. The molecule has 1 N–H and O–H groups in total. The molecule has 1 atom stereocenters. The zero-order valence-electron chi connectivity index (χ0n) is 10.6. The van der Waals surface area contributed by atoms with E-state index >= 15 is 0 Å². The number of hydrogen-bond donors (Lipinski definition) is 1. The van der Waals surface area contributed by atoms with Crippen LogP contribution in [-0.4, -0.2) is 34.6 Å². The van der Waals surface area contributed by atoms with Gasteiger partial charge in [0, 0.05) is 19.9 Å². The molecule has 1 aliphatic rings. The van der Waals surface area contributed by atoms with E-state index in [1.165, 1.54) is 11.3 Å². The number of rotatable bonds is 2. The molecule has 19 heavy (non-hydrogen) atoms. The third-order valence-electron chi connectivity index (χ3n) is 3.07. The molecule has 2 aromatic heterocycles. The Hall–Kier alpha value is -2.22. The van der Waals surface area contributed by atoms with Crippen LogP contribution in [0.3, 0.4) is 0 Å². The van der Waals surface area contributed by atoms with Crippen LogP contribution in [-0.2, 0) is 11.2 Å². The second-order valence-corrected chi connectivity index (χ2v) is 4.24. The average Bonchev–Trinajstić information content (AvgIpc) is 2.98. The van der Waals surface area contributed by atoms with Gasteiger partial charge in [0.15, 0.2) is 12.2 Å². The molecule has 0 saturated carbocycles. The number of nitrogens with zero attached hydrogens (tertiary/aromatic N) is 4. The van der Waals surface area contributed by atoms with Gasteiger partial charge in [0.1, 0.15) is 6.04 Å². The van der Waals surface area contributed by atoms with Crippen LogP contribution in [0.5, 0.6) is 0 Å². The third-order valence-corrected chi connectivity index (χ3v) is 3.07. The van der Waals surface area contributed by atoms with Gasteiger partial charge in [-0.3, -0.25) is 9.69 Å². The number of carbonyl (C=O) groups is 1. The summed E-state index contributed by atoms with van der Waals surface area (Å²) in [7, 11) is 1.69. The van der Waals surface area contributed by atoms with Crippen LogP contribution in [0, 0.1) is 6.92 Å². The Morgan fingerprint density at radius 2 is 2.37 bits per heavy atom. The number of hydrogen-bond acceptors (Lipinski definition) is 7. The molecular weight excluding hydrogens is 250 g/mol. The number of likely N-dealkylation sites (N-methyl/N-ethyl adjacent to an activating group) is 1. The SMILES string of the molecule is CNC1C(=O)N(c2noc(C)n2)CCc2ncoc21. The van der Waals surface area contributed by atoms with Crippen molar-refractivity contribution >= 4 is 11.9 Å². The average molecular weight is 263 g/mol. The van der Waals surface area contributed by atoms with Gasteiger partial charge in [0.25, 0.3) is 11.9 Å². The number of carbonyl (C=O) groups excluding carboxylic acids is 1. The molecule has 8 heteroatoms. The van der Waals surface area contributed by atoms with Crippen molar-refractivity contribution in [3.05, 3.63) is 23.7 Å². The van der Waals surface area contributed by atoms with Gasteiger partial charge in [-0.1, -0.05) is 0 Å². The van der Waals surface area contributed by atoms with Crippen molar-refractivity contribution in [3.8, 4) is 0 Å². The van der Waals surface area contributed by atoms with Crippen LogP contribution in [0.4, 0.5) is 5.95 Å². The van der Waals surface area contributed by atoms with E-state index in [0.717, 1.165) is 5.69 Å². The molecule has 0 saturated heterocycles. The second kappa shape index (κ2) is 4.47. The van der Waals surface area contributed by atoms with Crippen LogP contribution >= 0.6 is 0 Å². The molecule has 3 rings (SSSR count). The molecule has 8 nitrogen and oxygen atoms in total. The highest BCUT2D eigenvalue weighted by atomic mass is 16.5. The number of aromatic nitrogens is 3. The van der Waals surface area contributed by atoms with Gasteiger partial charge in [0.2, 0.25) is 5.89 Å². The third kappa shape index (κ3) is 1.89. The number of nitrogens with one attached hydrogen (secondary N) is 1. The molecule has 1 aliphatic heterocycles. The van der Waals surface area contributed by atoms with Crippen molar-refractivity contribution in [3.63, 3.8) is 0 Å². The summed E-state index contributed by atoms with van der Waals surface area (Å²) in [6.07, 6.45) is 1.94. The molecule has 0 fully saturated rings. The standard InChI is InChI=1S/C11H13N5O3/c1-6-14-11(15-19-6)16-4-3-7-9(18-5-13-7)8(12-2)10(16)17/h5,8,12H,3-4H2,1-2H3. The lowest BCUT2D eigenvalue weighted by Gasteiger charge is -2.19. The summed E-state index contributed by atoms with van der Waals surface area (Å²) in [5.41, 5.74) is 0.774. The lowest BCUT2D eigenvalue weighted by Crippen LogP contribution is -2.39. The van der Waals surface area contributed by atoms with Crippen molar-refractivity contribution in [1.29, 1.82) is 0 Å². The Kier molecular flexibility index (Phi) is 2.79. The maximum atomic E-state index is 12.5. The van der Waals surface area contributed by atoms with E-state index in [9.17, 15) is 4.79 Å². The normalized spacial score (nSPS) is 19.4. The fourth-order valence-corrected chi connectivity index (χ4v) is 2.15. The Labute approximate surface area is 108 Å². The van der Waals surface area contributed by atoms with Gasteiger partial charge in [-0.2, -0.15) is 4.98 Å². The highest BCUT2D eigenvalue weighted by Gasteiger charge is 2.35. The summed E-state index contributed by atoms with van der Waals surface area (Å²) in [6.45, 7) is 2.12. The summed E-state index contributed by atoms with van der Waals surface area (Å²) in [5.74, 6) is 1.06. The van der Waals surface area contributed by atoms with Crippen molar-refractivity contribution in [2.45, 2.75) is 19.4 Å². The highest BCUT2D eigenvalue weighted by Crippen LogP contribution is 2.25. The predicted molar refractivity (Wildman–Crippen MR) is 63.4 cm³/mol. The number of aryl methyl sites for hydroxylation is 1. The number of anilines is 1. The number of fused-ring (bicyclic) bond motifs is 1. The van der Waals surface area contributed by atoms with E-state index in [1.807, 2.05) is 0 Å². The topological polar surface area (TPSA) is 97.3 Å². The van der Waals surface area contributed by atoms with Crippen LogP contribution in [0.1, 0.15) is 23.4 Å². The molecule has 2 aromatic rings. The van der Waals surface area contributed by atoms with Crippen molar-refractivity contribution < 1.29 is 13.7 Å². The van der Waals surface area contributed by atoms with Crippen molar-refractivity contribution in [2.24, 2.45) is 0 Å². The molecule has 0 spiro atoms. The quantitative estimate of drug-likeness (QED) is 0.827. The van der Waals surface area contributed by atoms with E-state index in [0.29, 0.717) is 24.6 Å². The smallest absolute Gasteiger partial charge is 0.272 e. The van der Waals surface area contributed by atoms with Crippen molar-refractivity contribution in [1.82, 2.24) is 20.4 Å². The fourth-order valence-electron chi connectivity index (χ4n) is 2.15. The summed E-state index contributed by atoms with van der Waals surface area (Å²) in [6, 6.07) is -0.584. The first-order valence-electron chi connectivity index (χ1n) is 5.92. The van der Waals surface area contributed by atoms with Crippen LogP contribution in [0.25, 0.3) is 0 Å².